The molecule has 4 aromatic rings. The van der Waals surface area contributed by atoms with Crippen LogP contribution in [0.3, 0.4) is 0 Å². The number of nitrogens with zero attached hydrogens (tertiary/aromatic N) is 2. The summed E-state index contributed by atoms with van der Waals surface area (Å²) in [5.74, 6) is 2.20. The van der Waals surface area contributed by atoms with Gasteiger partial charge in [0.25, 0.3) is 0 Å². The van der Waals surface area contributed by atoms with E-state index in [1.165, 1.54) is 0 Å². The molecule has 10 nitrogen and oxygen atoms in total. The Morgan fingerprint density at radius 3 is 1.34 bits per heavy atom. The van der Waals surface area contributed by atoms with Crippen molar-refractivity contribution < 1.29 is 28.5 Å². The number of nitrogens with one attached hydrogen (secondary N) is 2. The predicted molar refractivity (Wildman–Crippen MR) is 196 cm³/mol. The van der Waals surface area contributed by atoms with Crippen molar-refractivity contribution in [2.45, 2.75) is 64.6 Å². The summed E-state index contributed by atoms with van der Waals surface area (Å²) < 4.78 is 22.7. The minimum Gasteiger partial charge on any atom is -0.493 e. The summed E-state index contributed by atoms with van der Waals surface area (Å²) in [5, 5.41) is 8.17. The minimum atomic E-state index is -0.126. The van der Waals surface area contributed by atoms with Crippen molar-refractivity contribution in [2.75, 3.05) is 14.2 Å². The Balaban J connectivity index is 1.03. The lowest BCUT2D eigenvalue weighted by Gasteiger charge is -2.11. The van der Waals surface area contributed by atoms with Crippen molar-refractivity contribution in [1.82, 2.24) is 10.9 Å². The van der Waals surface area contributed by atoms with E-state index in [1.54, 1.807) is 26.6 Å². The molecular weight excluding hydrogens is 632 g/mol. The fraction of sp³-hybridized carbons (Fsp3) is 0.300. The molecule has 0 unspecified atom stereocenters. The van der Waals surface area contributed by atoms with Gasteiger partial charge >= 0.3 is 0 Å². The fourth-order valence-corrected chi connectivity index (χ4v) is 4.99. The third-order valence-corrected chi connectivity index (χ3v) is 7.71. The summed E-state index contributed by atoms with van der Waals surface area (Å²) in [4.78, 5) is 24.4. The van der Waals surface area contributed by atoms with Crippen molar-refractivity contribution in [3.63, 3.8) is 0 Å². The van der Waals surface area contributed by atoms with E-state index in [2.05, 4.69) is 21.1 Å². The number of methoxy groups -OCH3 is 2. The van der Waals surface area contributed by atoms with Crippen LogP contribution in [0.2, 0.25) is 0 Å². The van der Waals surface area contributed by atoms with Crippen molar-refractivity contribution >= 4 is 24.2 Å². The Kier molecular flexibility index (Phi) is 15.9. The van der Waals surface area contributed by atoms with Crippen molar-refractivity contribution in [3.8, 4) is 23.0 Å². The number of hydrazone groups is 2. The molecule has 0 atom stereocenters. The zero-order valence-electron chi connectivity index (χ0n) is 28.8. The lowest BCUT2D eigenvalue weighted by Crippen LogP contribution is -2.17. The summed E-state index contributed by atoms with van der Waals surface area (Å²) in [6.07, 6.45) is 9.42. The first-order valence-electron chi connectivity index (χ1n) is 16.9. The molecule has 0 aromatic heterocycles. The summed E-state index contributed by atoms with van der Waals surface area (Å²) >= 11 is 0. The van der Waals surface area contributed by atoms with Gasteiger partial charge in [0.15, 0.2) is 23.0 Å². The van der Waals surface area contributed by atoms with E-state index in [4.69, 9.17) is 18.9 Å². The monoisotopic (exact) mass is 678 g/mol. The van der Waals surface area contributed by atoms with E-state index in [0.717, 1.165) is 60.8 Å². The zero-order valence-corrected chi connectivity index (χ0v) is 28.8. The number of carbonyl (C=O) groups is 2. The number of carbonyl (C=O) groups excluding carboxylic acids is 2. The zero-order chi connectivity index (χ0) is 35.2. The van der Waals surface area contributed by atoms with Crippen LogP contribution < -0.4 is 29.8 Å². The lowest BCUT2D eigenvalue weighted by molar-refractivity contribution is -0.122. The molecule has 2 N–H and O–H groups in total. The molecular formula is C40H46N4O6. The number of hydrogen-bond donors (Lipinski definition) is 2. The molecule has 10 heteroatoms. The van der Waals surface area contributed by atoms with Crippen molar-refractivity contribution in [2.24, 2.45) is 10.2 Å². The Hall–Kier alpha value is -5.64. The van der Waals surface area contributed by atoms with Gasteiger partial charge in [-0.25, -0.2) is 10.9 Å². The molecule has 0 fully saturated rings. The molecule has 2 amide bonds. The van der Waals surface area contributed by atoms with Crippen molar-refractivity contribution in [3.05, 3.63) is 119 Å². The van der Waals surface area contributed by atoms with Gasteiger partial charge in [0.05, 0.1) is 26.6 Å². The smallest absolute Gasteiger partial charge is 0.240 e. The van der Waals surface area contributed by atoms with Crippen LogP contribution in [0, 0.1) is 0 Å². The van der Waals surface area contributed by atoms with Crippen LogP contribution >= 0.6 is 0 Å². The Bertz CT molecular complexity index is 1550. The van der Waals surface area contributed by atoms with E-state index in [0.29, 0.717) is 49.1 Å². The second kappa shape index (κ2) is 21.4. The number of ether oxygens (including phenoxy) is 4. The lowest BCUT2D eigenvalue weighted by atomic mass is 10.1. The molecule has 4 rings (SSSR count). The van der Waals surface area contributed by atoms with Gasteiger partial charge in [-0.05, 0) is 71.5 Å². The molecule has 0 spiro atoms. The first kappa shape index (κ1) is 37.2. The normalized spacial score (nSPS) is 11.0. The number of benzene rings is 4. The first-order chi connectivity index (χ1) is 24.5. The highest BCUT2D eigenvalue weighted by Gasteiger charge is 2.08. The second-order valence-corrected chi connectivity index (χ2v) is 11.6. The van der Waals surface area contributed by atoms with Crippen LogP contribution in [0.4, 0.5) is 0 Å². The maximum Gasteiger partial charge on any atom is 0.240 e. The summed E-state index contributed by atoms with van der Waals surface area (Å²) in [6, 6.07) is 30.8. The van der Waals surface area contributed by atoms with Crippen LogP contribution in [-0.4, -0.2) is 38.5 Å². The molecule has 0 heterocycles. The first-order valence-corrected chi connectivity index (χ1v) is 16.9. The molecule has 0 aliphatic carbocycles. The van der Waals surface area contributed by atoms with Gasteiger partial charge in [-0.1, -0.05) is 86.3 Å². The third-order valence-electron chi connectivity index (χ3n) is 7.71. The van der Waals surface area contributed by atoms with Gasteiger partial charge in [-0.2, -0.15) is 10.2 Å². The minimum absolute atomic E-state index is 0.126. The van der Waals surface area contributed by atoms with Crippen LogP contribution in [0.5, 0.6) is 23.0 Å². The van der Waals surface area contributed by atoms with E-state index < -0.39 is 0 Å². The molecule has 0 saturated carbocycles. The fourth-order valence-electron chi connectivity index (χ4n) is 4.99. The van der Waals surface area contributed by atoms with E-state index in [-0.39, 0.29) is 11.8 Å². The highest BCUT2D eigenvalue weighted by atomic mass is 16.5. The summed E-state index contributed by atoms with van der Waals surface area (Å²) in [5.41, 5.74) is 8.88. The van der Waals surface area contributed by atoms with E-state index >= 15 is 0 Å². The highest BCUT2D eigenvalue weighted by molar-refractivity contribution is 5.84. The summed E-state index contributed by atoms with van der Waals surface area (Å²) in [7, 11) is 3.18. The second-order valence-electron chi connectivity index (χ2n) is 11.6. The third kappa shape index (κ3) is 13.5. The van der Waals surface area contributed by atoms with Gasteiger partial charge in [0.1, 0.15) is 13.2 Å². The quantitative estimate of drug-likeness (QED) is 0.0533. The van der Waals surface area contributed by atoms with Crippen LogP contribution in [0.1, 0.15) is 73.6 Å². The Labute approximate surface area is 294 Å². The van der Waals surface area contributed by atoms with Gasteiger partial charge in [0.2, 0.25) is 11.8 Å². The molecule has 0 bridgehead atoms. The topological polar surface area (TPSA) is 120 Å². The maximum absolute atomic E-state index is 12.2. The van der Waals surface area contributed by atoms with E-state index in [1.807, 2.05) is 97.1 Å². The molecule has 0 radical (unpaired) electrons. The highest BCUT2D eigenvalue weighted by Crippen LogP contribution is 2.29. The molecule has 262 valence electrons. The molecule has 0 aliphatic heterocycles. The van der Waals surface area contributed by atoms with E-state index in [9.17, 15) is 9.59 Å². The SMILES string of the molecule is COc1cc(C=NNC(=O)CCCCCCCCC(=O)NN=Cc2ccc(OCc3ccccc3)c(OC)c2)ccc1OCc1ccccc1. The molecule has 50 heavy (non-hydrogen) atoms. The van der Waals surface area contributed by atoms with Crippen LogP contribution in [-0.2, 0) is 22.8 Å². The van der Waals surface area contributed by atoms with Gasteiger partial charge in [-0.3, -0.25) is 9.59 Å². The Morgan fingerprint density at radius 1 is 0.540 bits per heavy atom. The van der Waals surface area contributed by atoms with Gasteiger partial charge in [-0.15, -0.1) is 0 Å². The number of amides is 2. The maximum atomic E-state index is 12.2. The number of unbranched alkanes of at least 4 members (excludes halogenated alkanes) is 5. The van der Waals surface area contributed by atoms with Crippen LogP contribution in [0.25, 0.3) is 0 Å². The summed E-state index contributed by atoms with van der Waals surface area (Å²) in [6.45, 7) is 0.878. The molecule has 0 saturated heterocycles. The standard InChI is InChI=1S/C40H46N4O6/c1-47-37-25-33(21-23-35(37)49-29-31-15-9-7-10-16-31)27-41-43-39(45)19-13-5-3-4-6-14-20-40(46)44-42-28-34-22-24-36(38(26-34)48-2)50-30-32-17-11-8-12-18-32/h7-12,15-18,21-28H,3-6,13-14,19-20,29-30H2,1-2H3,(H,43,45)(H,44,46). The average molecular weight is 679 g/mol. The van der Waals surface area contributed by atoms with Gasteiger partial charge in [0, 0.05) is 12.8 Å². The average Bonchev–Trinajstić information content (AvgIpc) is 3.15. The molecule has 4 aromatic carbocycles. The van der Waals surface area contributed by atoms with Crippen LogP contribution in [0.15, 0.2) is 107 Å². The Morgan fingerprint density at radius 2 is 0.940 bits per heavy atom. The van der Waals surface area contributed by atoms with Crippen molar-refractivity contribution in [1.29, 1.82) is 0 Å². The number of rotatable bonds is 21. The predicted octanol–water partition coefficient (Wildman–Crippen LogP) is 7.58. The number of hydrogen-bond acceptors (Lipinski definition) is 8. The van der Waals surface area contributed by atoms with Gasteiger partial charge < -0.3 is 18.9 Å². The largest absolute Gasteiger partial charge is 0.493 e. The molecule has 0 aliphatic rings.